The van der Waals surface area contributed by atoms with Crippen LogP contribution in [0.2, 0.25) is 0 Å². The Bertz CT molecular complexity index is 1580. The molecule has 2 atom stereocenters. The molecule has 2 aromatic rings. The normalized spacial score (nSPS) is 23.6. The second-order valence-corrected chi connectivity index (χ2v) is 17.0. The van der Waals surface area contributed by atoms with Gasteiger partial charge in [-0.05, 0) is 104 Å². The van der Waals surface area contributed by atoms with Gasteiger partial charge in [-0.3, -0.25) is 4.28 Å². The lowest BCUT2D eigenvalue weighted by atomic mass is 9.75. The minimum Gasteiger partial charge on any atom is -0.493 e. The number of benzene rings is 1. The van der Waals surface area contributed by atoms with E-state index in [1.54, 1.807) is 0 Å². The van der Waals surface area contributed by atoms with Crippen molar-refractivity contribution in [3.63, 3.8) is 0 Å². The molecule has 4 saturated carbocycles. The highest BCUT2D eigenvalue weighted by Crippen LogP contribution is 2.59. The third kappa shape index (κ3) is 6.70. The van der Waals surface area contributed by atoms with E-state index in [0.29, 0.717) is 35.3 Å². The summed E-state index contributed by atoms with van der Waals surface area (Å²) < 4.78 is 71.1. The lowest BCUT2D eigenvalue weighted by Crippen LogP contribution is -2.44. The maximum Gasteiger partial charge on any atom is 0.478 e. The van der Waals surface area contributed by atoms with Crippen molar-refractivity contribution < 1.29 is 46.0 Å². The van der Waals surface area contributed by atoms with Crippen LogP contribution < -0.4 is 9.02 Å². The van der Waals surface area contributed by atoms with Gasteiger partial charge >= 0.3 is 21.3 Å². The summed E-state index contributed by atoms with van der Waals surface area (Å²) in [6.07, 6.45) is 20.1. The van der Waals surface area contributed by atoms with Gasteiger partial charge in [-0.1, -0.05) is 74.7 Å². The van der Waals surface area contributed by atoms with Crippen LogP contribution in [0.1, 0.15) is 179 Å². The molecule has 1 heterocycles. The first kappa shape index (κ1) is 35.4. The molecule has 9 nitrogen and oxygen atoms in total. The highest BCUT2D eigenvalue weighted by Gasteiger charge is 2.58. The number of fused-ring (bicyclic) bond motifs is 5. The number of carbonyl (C=O) groups is 1. The maximum absolute atomic E-state index is 15.0. The number of halogens is 2. The molecule has 2 unspecified atom stereocenters. The van der Waals surface area contributed by atoms with Crippen molar-refractivity contribution in [1.29, 1.82) is 0 Å². The van der Waals surface area contributed by atoms with Gasteiger partial charge in [0.25, 0.3) is 0 Å². The zero-order chi connectivity index (χ0) is 35.0. The molecule has 7 rings (SSSR count). The Morgan fingerprint density at radius 1 is 0.720 bits per heavy atom. The molecule has 0 radical (unpaired) electrons. The van der Waals surface area contributed by atoms with E-state index in [-0.39, 0.29) is 29.6 Å². The van der Waals surface area contributed by atoms with E-state index in [9.17, 15) is 23.4 Å². The van der Waals surface area contributed by atoms with Crippen molar-refractivity contribution in [2.45, 2.75) is 157 Å². The van der Waals surface area contributed by atoms with Gasteiger partial charge in [-0.15, -0.1) is 0 Å². The number of alkyl halides is 2. The van der Waals surface area contributed by atoms with E-state index in [2.05, 4.69) is 16.4 Å². The number of hydrogen-bond donors (Lipinski definition) is 2. The molecule has 0 amide bonds. The fraction of sp³-hybridized carbons (Fsp3) is 0.711. The van der Waals surface area contributed by atoms with Crippen LogP contribution in [0.5, 0.6) is 17.5 Å². The van der Waals surface area contributed by atoms with Crippen LogP contribution in [0.4, 0.5) is 8.78 Å². The fourth-order valence-corrected chi connectivity index (χ4v) is 10.3. The minimum atomic E-state index is -5.99. The molecular formula is C38H51F2NO8S. The third-order valence-electron chi connectivity index (χ3n) is 12.2. The molecule has 5 aliphatic carbocycles. The second kappa shape index (κ2) is 14.5. The molecule has 2 bridgehead atoms. The van der Waals surface area contributed by atoms with Crippen LogP contribution in [0.15, 0.2) is 12.1 Å². The average Bonchev–Trinajstić information content (AvgIpc) is 3.83. The fourth-order valence-electron chi connectivity index (χ4n) is 9.64. The van der Waals surface area contributed by atoms with Gasteiger partial charge in [-0.25, -0.2) is 4.79 Å². The molecule has 276 valence electrons. The number of hydrogen-bond acceptors (Lipinski definition) is 8. The van der Waals surface area contributed by atoms with Gasteiger partial charge in [0.15, 0.2) is 0 Å². The van der Waals surface area contributed by atoms with E-state index in [0.717, 1.165) is 44.3 Å². The smallest absolute Gasteiger partial charge is 0.478 e. The van der Waals surface area contributed by atoms with Gasteiger partial charge in [0.1, 0.15) is 5.75 Å². The van der Waals surface area contributed by atoms with Gasteiger partial charge in [0.05, 0.1) is 13.2 Å². The van der Waals surface area contributed by atoms with Crippen LogP contribution in [0.25, 0.3) is 0 Å². The Labute approximate surface area is 293 Å². The van der Waals surface area contributed by atoms with Crippen molar-refractivity contribution in [2.24, 2.45) is 0 Å². The molecule has 1 aromatic heterocycles. The number of aromatic nitrogens is 1. The molecule has 2 N–H and O–H groups in total. The molecule has 1 aromatic carbocycles. The summed E-state index contributed by atoms with van der Waals surface area (Å²) in [4.78, 5) is 12.5. The number of aromatic hydroxyl groups is 2. The van der Waals surface area contributed by atoms with Crippen molar-refractivity contribution in [2.75, 3.05) is 13.2 Å². The van der Waals surface area contributed by atoms with E-state index in [1.807, 2.05) is 0 Å². The number of ether oxygens (including phenoxy) is 2. The zero-order valence-electron chi connectivity index (χ0n) is 28.8. The molecular weight excluding hydrogens is 668 g/mol. The largest absolute Gasteiger partial charge is 0.493 e. The van der Waals surface area contributed by atoms with Crippen LogP contribution in [0.3, 0.4) is 0 Å². The van der Waals surface area contributed by atoms with Crippen LogP contribution in [-0.4, -0.2) is 47.8 Å². The molecule has 5 aliphatic rings. The summed E-state index contributed by atoms with van der Waals surface area (Å²) in [6.45, 7) is -0.372. The first-order chi connectivity index (χ1) is 24.1. The van der Waals surface area contributed by atoms with Crippen molar-refractivity contribution >= 4 is 16.1 Å². The predicted octanol–water partition coefficient (Wildman–Crippen LogP) is 8.77. The van der Waals surface area contributed by atoms with E-state index >= 15 is 8.78 Å². The van der Waals surface area contributed by atoms with Crippen molar-refractivity contribution in [3.05, 3.63) is 39.9 Å². The number of rotatable bonds is 12. The standard InChI is InChI=1S/C38H51F2NO8S/c39-38(40,50(45,46)49-41-35(42)32-27-17-18-28(21-27)33(32)36(41)43)37(44)48-20-10-19-47-34-30(25-13-6-2-7-14-25)22-29(24-11-4-1-5-12-24)23-31(34)26-15-8-3-9-16-26/h22-28,42-43H,1-21H2. The predicted molar refractivity (Wildman–Crippen MR) is 183 cm³/mol. The van der Waals surface area contributed by atoms with E-state index in [1.165, 1.54) is 87.3 Å². The van der Waals surface area contributed by atoms with Gasteiger partial charge < -0.3 is 19.7 Å². The Kier molecular flexibility index (Phi) is 10.3. The van der Waals surface area contributed by atoms with Gasteiger partial charge in [0.2, 0.25) is 11.8 Å². The first-order valence-electron chi connectivity index (χ1n) is 19.0. The lowest BCUT2D eigenvalue weighted by molar-refractivity contribution is -0.161. The van der Waals surface area contributed by atoms with Crippen molar-refractivity contribution in [3.8, 4) is 17.5 Å². The monoisotopic (exact) mass is 719 g/mol. The molecule has 0 aliphatic heterocycles. The molecule has 0 spiro atoms. The van der Waals surface area contributed by atoms with Gasteiger partial charge in [0, 0.05) is 17.5 Å². The quantitative estimate of drug-likeness (QED) is 0.165. The Balaban J connectivity index is 1.03. The Morgan fingerprint density at radius 2 is 1.20 bits per heavy atom. The SMILES string of the molecule is O=C(OCCCOc1c(C2CCCCC2)cc(C2CCCCC2)cc1C1CCCCC1)C(F)(F)S(=O)(=O)On1c(O)c2c(c1O)C1CCC2C1. The number of esters is 1. The van der Waals surface area contributed by atoms with E-state index in [4.69, 9.17) is 9.47 Å². The zero-order valence-corrected chi connectivity index (χ0v) is 29.7. The minimum absolute atomic E-state index is 0.0762. The number of carbonyl (C=O) groups excluding carboxylic acids is 1. The highest BCUT2D eigenvalue weighted by atomic mass is 32.2. The topological polar surface area (TPSA) is 124 Å². The Hall–Kier alpha value is -3.02. The van der Waals surface area contributed by atoms with Crippen LogP contribution >= 0.6 is 0 Å². The summed E-state index contributed by atoms with van der Waals surface area (Å²) >= 11 is 0. The van der Waals surface area contributed by atoms with E-state index < -0.39 is 39.7 Å². The summed E-state index contributed by atoms with van der Waals surface area (Å²) in [7, 11) is -5.99. The van der Waals surface area contributed by atoms with Crippen molar-refractivity contribution in [1.82, 2.24) is 4.73 Å². The summed E-state index contributed by atoms with van der Waals surface area (Å²) in [5, 5.41) is 16.0. The summed E-state index contributed by atoms with van der Waals surface area (Å²) in [6, 6.07) is 4.78. The molecule has 4 fully saturated rings. The highest BCUT2D eigenvalue weighted by molar-refractivity contribution is 7.88. The molecule has 12 heteroatoms. The molecule has 50 heavy (non-hydrogen) atoms. The van der Waals surface area contributed by atoms with Gasteiger partial charge in [-0.2, -0.15) is 17.2 Å². The molecule has 0 saturated heterocycles. The summed E-state index contributed by atoms with van der Waals surface area (Å²) in [5.41, 5.74) is 4.56. The Morgan fingerprint density at radius 3 is 1.70 bits per heavy atom. The number of nitrogens with zero attached hydrogens (tertiary/aromatic N) is 1. The maximum atomic E-state index is 15.0. The van der Waals surface area contributed by atoms with Crippen LogP contribution in [0, 0.1) is 0 Å². The lowest BCUT2D eigenvalue weighted by Gasteiger charge is -2.32. The average molecular weight is 720 g/mol. The first-order valence-corrected chi connectivity index (χ1v) is 20.4. The second-order valence-electron chi connectivity index (χ2n) is 15.4. The van der Waals surface area contributed by atoms with Crippen LogP contribution in [-0.2, 0) is 19.6 Å². The summed E-state index contributed by atoms with van der Waals surface area (Å²) in [5.74, 6) is -1.75. The third-order valence-corrected chi connectivity index (χ3v) is 13.4.